The molecular formula is C17H19NO3. The molecule has 0 saturated carbocycles. The Bertz CT molecular complexity index is 557. The summed E-state index contributed by atoms with van der Waals surface area (Å²) in [6, 6.07) is 18.3. The molecule has 2 rings (SSSR count). The van der Waals surface area contributed by atoms with Crippen molar-refractivity contribution in [3.05, 3.63) is 71.8 Å². The number of benzene rings is 2. The van der Waals surface area contributed by atoms with Crippen molar-refractivity contribution in [1.82, 2.24) is 5.32 Å². The maximum atomic E-state index is 11.0. The summed E-state index contributed by atoms with van der Waals surface area (Å²) < 4.78 is 0. The summed E-state index contributed by atoms with van der Waals surface area (Å²) in [6.07, 6.45) is -0.992. The highest BCUT2D eigenvalue weighted by Crippen LogP contribution is 2.19. The first-order chi connectivity index (χ1) is 10.2. The zero-order valence-electron chi connectivity index (χ0n) is 11.6. The second-order valence-corrected chi connectivity index (χ2v) is 4.93. The van der Waals surface area contributed by atoms with Gasteiger partial charge in [0.05, 0.1) is 12.5 Å². The lowest BCUT2D eigenvalue weighted by atomic mass is 9.99. The van der Waals surface area contributed by atoms with Gasteiger partial charge in [-0.2, -0.15) is 0 Å². The minimum Gasteiger partial charge on any atom is -0.481 e. The van der Waals surface area contributed by atoms with E-state index in [4.69, 9.17) is 5.11 Å². The summed E-state index contributed by atoms with van der Waals surface area (Å²) in [4.78, 5) is 11.0. The van der Waals surface area contributed by atoms with Gasteiger partial charge in [0, 0.05) is 12.6 Å². The first-order valence-electron chi connectivity index (χ1n) is 6.89. The largest absolute Gasteiger partial charge is 0.481 e. The predicted octanol–water partition coefficient (Wildman–Crippen LogP) is 2.35. The normalized spacial score (nSPS) is 13.6. The number of aliphatic hydroxyl groups excluding tert-OH is 1. The van der Waals surface area contributed by atoms with Gasteiger partial charge in [0.25, 0.3) is 0 Å². The minimum absolute atomic E-state index is 0.136. The van der Waals surface area contributed by atoms with Crippen molar-refractivity contribution in [3.8, 4) is 0 Å². The van der Waals surface area contributed by atoms with Crippen LogP contribution < -0.4 is 5.32 Å². The number of hydrogen-bond acceptors (Lipinski definition) is 3. The molecule has 0 aliphatic rings. The van der Waals surface area contributed by atoms with Crippen molar-refractivity contribution in [2.24, 2.45) is 0 Å². The van der Waals surface area contributed by atoms with Crippen LogP contribution in [0.25, 0.3) is 0 Å². The fraction of sp³-hybridized carbons (Fsp3) is 0.235. The van der Waals surface area contributed by atoms with E-state index in [1.54, 1.807) is 12.1 Å². The van der Waals surface area contributed by atoms with Crippen molar-refractivity contribution in [3.63, 3.8) is 0 Å². The number of carboxylic acids is 1. The van der Waals surface area contributed by atoms with Crippen LogP contribution in [0, 0.1) is 0 Å². The molecule has 0 spiro atoms. The fourth-order valence-electron chi connectivity index (χ4n) is 2.21. The molecule has 2 aromatic rings. The summed E-state index contributed by atoms with van der Waals surface area (Å²) in [5.41, 5.74) is 1.76. The van der Waals surface area contributed by atoms with Crippen molar-refractivity contribution < 1.29 is 15.0 Å². The number of aliphatic carboxylic acids is 1. The quantitative estimate of drug-likeness (QED) is 0.730. The number of aliphatic hydroxyl groups is 1. The molecule has 110 valence electrons. The Balaban J connectivity index is 2.05. The molecule has 0 fully saturated rings. The second-order valence-electron chi connectivity index (χ2n) is 4.93. The topological polar surface area (TPSA) is 69.6 Å². The first-order valence-corrected chi connectivity index (χ1v) is 6.89. The average molecular weight is 285 g/mol. The van der Waals surface area contributed by atoms with Gasteiger partial charge in [0.1, 0.15) is 0 Å². The summed E-state index contributed by atoms with van der Waals surface area (Å²) >= 11 is 0. The van der Waals surface area contributed by atoms with E-state index in [0.29, 0.717) is 12.1 Å². The van der Waals surface area contributed by atoms with E-state index in [1.807, 2.05) is 48.5 Å². The molecular weight excluding hydrogens is 266 g/mol. The third kappa shape index (κ3) is 4.70. The van der Waals surface area contributed by atoms with Gasteiger partial charge in [-0.3, -0.25) is 4.79 Å². The van der Waals surface area contributed by atoms with Crippen molar-refractivity contribution in [2.75, 3.05) is 0 Å². The van der Waals surface area contributed by atoms with Crippen LogP contribution in [0.4, 0.5) is 0 Å². The lowest BCUT2D eigenvalue weighted by Gasteiger charge is -2.23. The Labute approximate surface area is 124 Å². The van der Waals surface area contributed by atoms with Crippen LogP contribution in [0.2, 0.25) is 0 Å². The number of nitrogens with one attached hydrogen (secondary N) is 1. The van der Waals surface area contributed by atoms with Gasteiger partial charge in [0.15, 0.2) is 0 Å². The smallest absolute Gasteiger partial charge is 0.305 e. The highest BCUT2D eigenvalue weighted by Gasteiger charge is 2.23. The Hall–Kier alpha value is -2.17. The molecule has 0 bridgehead atoms. The highest BCUT2D eigenvalue weighted by molar-refractivity contribution is 5.67. The van der Waals surface area contributed by atoms with Crippen LogP contribution in [0.3, 0.4) is 0 Å². The third-order valence-corrected chi connectivity index (χ3v) is 3.33. The molecule has 0 aromatic heterocycles. The van der Waals surface area contributed by atoms with Gasteiger partial charge >= 0.3 is 5.97 Å². The van der Waals surface area contributed by atoms with Gasteiger partial charge < -0.3 is 15.5 Å². The predicted molar refractivity (Wildman–Crippen MR) is 80.7 cm³/mol. The maximum absolute atomic E-state index is 11.0. The number of carboxylic acid groups (broad SMARTS) is 1. The lowest BCUT2D eigenvalue weighted by Crippen LogP contribution is -2.36. The van der Waals surface area contributed by atoms with Crippen LogP contribution in [0.15, 0.2) is 60.7 Å². The zero-order chi connectivity index (χ0) is 15.1. The van der Waals surface area contributed by atoms with E-state index in [-0.39, 0.29) is 6.42 Å². The molecule has 21 heavy (non-hydrogen) atoms. The number of carbonyl (C=O) groups is 1. The highest BCUT2D eigenvalue weighted by atomic mass is 16.4. The third-order valence-electron chi connectivity index (χ3n) is 3.33. The molecule has 0 aliphatic carbocycles. The molecule has 0 saturated heterocycles. The molecule has 0 aliphatic heterocycles. The summed E-state index contributed by atoms with van der Waals surface area (Å²) in [6.45, 7) is 0.517. The molecule has 0 radical (unpaired) electrons. The molecule has 4 nitrogen and oxygen atoms in total. The Morgan fingerprint density at radius 3 is 2.14 bits per heavy atom. The molecule has 0 amide bonds. The van der Waals surface area contributed by atoms with Crippen LogP contribution in [0.5, 0.6) is 0 Å². The van der Waals surface area contributed by atoms with E-state index in [9.17, 15) is 9.90 Å². The lowest BCUT2D eigenvalue weighted by molar-refractivity contribution is -0.138. The second kappa shape index (κ2) is 7.57. The van der Waals surface area contributed by atoms with Crippen molar-refractivity contribution in [2.45, 2.75) is 25.1 Å². The van der Waals surface area contributed by atoms with Gasteiger partial charge in [-0.05, 0) is 11.1 Å². The SMILES string of the molecule is O=C(O)CC(NCc1ccccc1)C(O)c1ccccc1. The first kappa shape index (κ1) is 15.2. The van der Waals surface area contributed by atoms with Crippen LogP contribution >= 0.6 is 0 Å². The van der Waals surface area contributed by atoms with Crippen molar-refractivity contribution in [1.29, 1.82) is 0 Å². The standard InChI is InChI=1S/C17H19NO3/c19-16(20)11-15(17(21)14-9-5-2-6-10-14)18-12-13-7-3-1-4-8-13/h1-10,15,17-18,21H,11-12H2,(H,19,20). The van der Waals surface area contributed by atoms with E-state index in [2.05, 4.69) is 5.32 Å². The van der Waals surface area contributed by atoms with Crippen molar-refractivity contribution >= 4 is 5.97 Å². The average Bonchev–Trinajstić information content (AvgIpc) is 2.52. The van der Waals surface area contributed by atoms with Gasteiger partial charge in [0.2, 0.25) is 0 Å². The van der Waals surface area contributed by atoms with Gasteiger partial charge in [-0.25, -0.2) is 0 Å². The molecule has 3 N–H and O–H groups in total. The summed E-state index contributed by atoms with van der Waals surface area (Å²) in [5, 5.41) is 22.5. The Kier molecular flexibility index (Phi) is 5.49. The van der Waals surface area contributed by atoms with E-state index < -0.39 is 18.1 Å². The van der Waals surface area contributed by atoms with E-state index >= 15 is 0 Å². The zero-order valence-corrected chi connectivity index (χ0v) is 11.6. The molecule has 2 atom stereocenters. The Morgan fingerprint density at radius 2 is 1.57 bits per heavy atom. The van der Waals surface area contributed by atoms with Gasteiger partial charge in [-0.15, -0.1) is 0 Å². The van der Waals surface area contributed by atoms with E-state index in [1.165, 1.54) is 0 Å². The van der Waals surface area contributed by atoms with Crippen LogP contribution in [0.1, 0.15) is 23.7 Å². The van der Waals surface area contributed by atoms with Crippen LogP contribution in [-0.2, 0) is 11.3 Å². The minimum atomic E-state index is -0.935. The number of hydrogen-bond donors (Lipinski definition) is 3. The monoisotopic (exact) mass is 285 g/mol. The molecule has 2 unspecified atom stereocenters. The molecule has 2 aromatic carbocycles. The molecule has 0 heterocycles. The molecule has 4 heteroatoms. The van der Waals surface area contributed by atoms with E-state index in [0.717, 1.165) is 5.56 Å². The fourth-order valence-corrected chi connectivity index (χ4v) is 2.21. The number of rotatable bonds is 7. The van der Waals surface area contributed by atoms with Crippen LogP contribution in [-0.4, -0.2) is 22.2 Å². The summed E-state index contributed by atoms with van der Waals surface area (Å²) in [7, 11) is 0. The Morgan fingerprint density at radius 1 is 1.00 bits per heavy atom. The van der Waals surface area contributed by atoms with Gasteiger partial charge in [-0.1, -0.05) is 60.7 Å². The summed E-state index contributed by atoms with van der Waals surface area (Å²) in [5.74, 6) is -0.935. The maximum Gasteiger partial charge on any atom is 0.305 e.